The van der Waals surface area contributed by atoms with Crippen LogP contribution in [-0.4, -0.2) is 45.3 Å². The highest BCUT2D eigenvalue weighted by Crippen LogP contribution is 2.46. The van der Waals surface area contributed by atoms with Crippen LogP contribution in [0, 0.1) is 0 Å². The number of urea groups is 1. The van der Waals surface area contributed by atoms with Crippen molar-refractivity contribution in [3.05, 3.63) is 78.6 Å². The highest BCUT2D eigenvalue weighted by Gasteiger charge is 2.35. The zero-order valence-corrected chi connectivity index (χ0v) is 21.6. The number of aliphatic hydroxyl groups is 1. The van der Waals surface area contributed by atoms with Crippen molar-refractivity contribution in [1.82, 2.24) is 20.6 Å². The Morgan fingerprint density at radius 1 is 1.18 bits per heavy atom. The van der Waals surface area contributed by atoms with Crippen molar-refractivity contribution in [1.29, 1.82) is 0 Å². The number of rotatable bonds is 8. The minimum Gasteiger partial charge on any atom is -0.456 e. The standard InChI is InChI=1S/C28H26N6O4S/c1-2-22(35)31-19-6-3-7-20(19)32-26(36)25-24-23-21(12-14-30-27(23)39-25)34(28(37)33-24)16-8-10-17(11-9-16)38-18-5-4-13-29-15-18/h2,4-5,8-15,19-20,22,31,35H,1,3,6-7H2,(H,32,36)(H,33,37)/t19-,20+,22?/m0/s1. The van der Waals surface area contributed by atoms with Gasteiger partial charge in [-0.25, -0.2) is 9.78 Å². The Hall–Kier alpha value is -4.32. The number of pyridine rings is 2. The number of benzene rings is 1. The van der Waals surface area contributed by atoms with Gasteiger partial charge in [0.2, 0.25) is 0 Å². The molecule has 6 rings (SSSR count). The maximum absolute atomic E-state index is 13.4. The molecule has 2 aliphatic rings. The summed E-state index contributed by atoms with van der Waals surface area (Å²) in [7, 11) is 0. The summed E-state index contributed by atoms with van der Waals surface area (Å²) in [5.74, 6) is 0.943. The second-order valence-corrected chi connectivity index (χ2v) is 10.3. The fourth-order valence-electron chi connectivity index (χ4n) is 5.06. The SMILES string of the molecule is C=CC(O)N[C@H]1CCC[C@H]1NC(=O)c1sc2nccc3c2c1NC(=O)N3c1ccc(Oc2cccnc2)cc1. The zero-order chi connectivity index (χ0) is 26.9. The molecule has 1 aliphatic heterocycles. The smallest absolute Gasteiger partial charge is 0.331 e. The third kappa shape index (κ3) is 4.83. The van der Waals surface area contributed by atoms with Crippen molar-refractivity contribution in [3.63, 3.8) is 0 Å². The molecule has 3 amide bonds. The average Bonchev–Trinajstić information content (AvgIpc) is 3.54. The van der Waals surface area contributed by atoms with Gasteiger partial charge in [0, 0.05) is 24.5 Å². The Bertz CT molecular complexity index is 1540. The Kier molecular flexibility index (Phi) is 6.69. The molecule has 3 atom stereocenters. The number of amides is 3. The lowest BCUT2D eigenvalue weighted by molar-refractivity contribution is 0.0925. The van der Waals surface area contributed by atoms with Crippen LogP contribution in [0.15, 0.2) is 73.7 Å². The van der Waals surface area contributed by atoms with Crippen LogP contribution in [0.2, 0.25) is 0 Å². The lowest BCUT2D eigenvalue weighted by Gasteiger charge is -2.28. The third-order valence-electron chi connectivity index (χ3n) is 6.86. The van der Waals surface area contributed by atoms with Crippen LogP contribution in [0.25, 0.3) is 10.2 Å². The van der Waals surface area contributed by atoms with Gasteiger partial charge in [0.1, 0.15) is 27.4 Å². The molecule has 4 N–H and O–H groups in total. The molecule has 1 saturated carbocycles. The second-order valence-electron chi connectivity index (χ2n) is 9.33. The summed E-state index contributed by atoms with van der Waals surface area (Å²) in [6.07, 6.45) is 8.06. The summed E-state index contributed by atoms with van der Waals surface area (Å²) in [4.78, 5) is 37.9. The molecular weight excluding hydrogens is 516 g/mol. The number of aliphatic hydroxyl groups excluding tert-OH is 1. The van der Waals surface area contributed by atoms with Crippen molar-refractivity contribution in [2.45, 2.75) is 37.6 Å². The highest BCUT2D eigenvalue weighted by atomic mass is 32.1. The summed E-state index contributed by atoms with van der Waals surface area (Å²) >= 11 is 1.24. The molecule has 0 saturated heterocycles. The number of ether oxygens (including phenoxy) is 1. The molecule has 4 aromatic rings. The van der Waals surface area contributed by atoms with Gasteiger partial charge in [0.15, 0.2) is 0 Å². The lowest BCUT2D eigenvalue weighted by Crippen LogP contribution is -2.49. The molecular formula is C28H26N6O4S. The largest absolute Gasteiger partial charge is 0.456 e. The van der Waals surface area contributed by atoms with E-state index in [9.17, 15) is 14.7 Å². The Balaban J connectivity index is 1.27. The van der Waals surface area contributed by atoms with Gasteiger partial charge in [-0.3, -0.25) is 20.0 Å². The van der Waals surface area contributed by atoms with E-state index in [1.54, 1.807) is 59.9 Å². The number of aromatic nitrogens is 2. The predicted octanol–water partition coefficient (Wildman–Crippen LogP) is 4.91. The first-order chi connectivity index (χ1) is 19.0. The van der Waals surface area contributed by atoms with E-state index >= 15 is 0 Å². The fourth-order valence-corrected chi connectivity index (χ4v) is 6.08. The van der Waals surface area contributed by atoms with Gasteiger partial charge in [-0.05, 0) is 67.8 Å². The number of hydrogen-bond acceptors (Lipinski definition) is 8. The molecule has 3 aromatic heterocycles. The molecule has 198 valence electrons. The minimum atomic E-state index is -0.842. The summed E-state index contributed by atoms with van der Waals surface area (Å²) in [5, 5.41) is 19.7. The molecule has 0 spiro atoms. The van der Waals surface area contributed by atoms with Crippen molar-refractivity contribution in [3.8, 4) is 11.5 Å². The minimum absolute atomic E-state index is 0.0726. The second kappa shape index (κ2) is 10.4. The third-order valence-corrected chi connectivity index (χ3v) is 7.95. The molecule has 0 bridgehead atoms. The average molecular weight is 543 g/mol. The van der Waals surface area contributed by atoms with Gasteiger partial charge in [0.05, 0.1) is 28.6 Å². The van der Waals surface area contributed by atoms with E-state index in [1.165, 1.54) is 17.4 Å². The summed E-state index contributed by atoms with van der Waals surface area (Å²) in [6, 6.07) is 11.9. The van der Waals surface area contributed by atoms with Gasteiger partial charge in [-0.2, -0.15) is 0 Å². The first-order valence-electron chi connectivity index (χ1n) is 12.6. The van der Waals surface area contributed by atoms with Crippen molar-refractivity contribution in [2.75, 3.05) is 10.2 Å². The van der Waals surface area contributed by atoms with Crippen LogP contribution >= 0.6 is 11.3 Å². The summed E-state index contributed by atoms with van der Waals surface area (Å²) in [5.41, 5.74) is 1.74. The molecule has 0 radical (unpaired) electrons. The van der Waals surface area contributed by atoms with Crippen LogP contribution in [-0.2, 0) is 0 Å². The van der Waals surface area contributed by atoms with Crippen LogP contribution in [0.4, 0.5) is 21.9 Å². The Morgan fingerprint density at radius 3 is 2.77 bits per heavy atom. The van der Waals surface area contributed by atoms with Gasteiger partial charge < -0.3 is 20.5 Å². The molecule has 1 aliphatic carbocycles. The van der Waals surface area contributed by atoms with E-state index in [-0.39, 0.29) is 24.0 Å². The molecule has 10 nitrogen and oxygen atoms in total. The van der Waals surface area contributed by atoms with Crippen molar-refractivity contribution >= 4 is 50.6 Å². The molecule has 39 heavy (non-hydrogen) atoms. The summed E-state index contributed by atoms with van der Waals surface area (Å²) < 4.78 is 5.82. The molecule has 1 unspecified atom stereocenters. The number of anilines is 3. The molecule has 4 heterocycles. The molecule has 1 fully saturated rings. The predicted molar refractivity (Wildman–Crippen MR) is 150 cm³/mol. The van der Waals surface area contributed by atoms with E-state index in [0.29, 0.717) is 43.7 Å². The fraction of sp³-hybridized carbons (Fsp3) is 0.214. The zero-order valence-electron chi connectivity index (χ0n) is 20.8. The maximum atomic E-state index is 13.4. The van der Waals surface area contributed by atoms with E-state index in [4.69, 9.17) is 4.74 Å². The topological polar surface area (TPSA) is 129 Å². The van der Waals surface area contributed by atoms with E-state index in [1.807, 2.05) is 6.07 Å². The number of nitrogens with zero attached hydrogens (tertiary/aromatic N) is 3. The number of nitrogens with one attached hydrogen (secondary N) is 3. The van der Waals surface area contributed by atoms with Crippen LogP contribution in [0.3, 0.4) is 0 Å². The first kappa shape index (κ1) is 25.0. The lowest BCUT2D eigenvalue weighted by atomic mass is 10.1. The number of carbonyl (C=O) groups is 2. The van der Waals surface area contributed by atoms with E-state index in [0.717, 1.165) is 19.3 Å². The van der Waals surface area contributed by atoms with E-state index in [2.05, 4.69) is 32.5 Å². The van der Waals surface area contributed by atoms with Gasteiger partial charge >= 0.3 is 6.03 Å². The quantitative estimate of drug-likeness (QED) is 0.184. The van der Waals surface area contributed by atoms with Crippen LogP contribution < -0.4 is 25.6 Å². The number of hydrogen-bond donors (Lipinski definition) is 4. The molecule has 1 aromatic carbocycles. The molecule has 11 heteroatoms. The van der Waals surface area contributed by atoms with Gasteiger partial charge in [-0.1, -0.05) is 6.58 Å². The van der Waals surface area contributed by atoms with Crippen molar-refractivity contribution in [2.24, 2.45) is 0 Å². The van der Waals surface area contributed by atoms with Crippen LogP contribution in [0.5, 0.6) is 11.5 Å². The van der Waals surface area contributed by atoms with Crippen molar-refractivity contribution < 1.29 is 19.4 Å². The van der Waals surface area contributed by atoms with Gasteiger partial charge in [-0.15, -0.1) is 11.3 Å². The van der Waals surface area contributed by atoms with E-state index < -0.39 is 6.23 Å². The maximum Gasteiger partial charge on any atom is 0.331 e. The van der Waals surface area contributed by atoms with Crippen LogP contribution in [0.1, 0.15) is 28.9 Å². The monoisotopic (exact) mass is 542 g/mol. The normalized spacial score (nSPS) is 19.0. The highest BCUT2D eigenvalue weighted by molar-refractivity contribution is 7.21. The number of thiophene rings is 1. The number of carbonyl (C=O) groups excluding carboxylic acids is 2. The first-order valence-corrected chi connectivity index (χ1v) is 13.4. The Morgan fingerprint density at radius 2 is 2.00 bits per heavy atom. The summed E-state index contributed by atoms with van der Waals surface area (Å²) in [6.45, 7) is 3.60. The van der Waals surface area contributed by atoms with Gasteiger partial charge in [0.25, 0.3) is 5.91 Å². The Labute approximate surface area is 228 Å².